The molecule has 0 aliphatic rings. The fraction of sp³-hybridized carbons (Fsp3) is 0.667. The summed E-state index contributed by atoms with van der Waals surface area (Å²) in [7, 11) is -4.28. The largest absolute Gasteiger partial charge is 0.389 e. The minimum atomic E-state index is -4.28. The van der Waals surface area contributed by atoms with Gasteiger partial charge in [0.2, 0.25) is 0 Å². The maximum absolute atomic E-state index is 11.6. The zero-order valence-electron chi connectivity index (χ0n) is 9.62. The van der Waals surface area contributed by atoms with E-state index in [9.17, 15) is 13.2 Å². The highest BCUT2D eigenvalue weighted by Crippen LogP contribution is 2.09. The third-order valence-corrected chi connectivity index (χ3v) is 3.09. The molecular formula is C9H15NO6S. The Hall–Kier alpha value is -1.14. The maximum atomic E-state index is 11.6. The van der Waals surface area contributed by atoms with Crippen LogP contribution in [-0.4, -0.2) is 49.8 Å². The van der Waals surface area contributed by atoms with Gasteiger partial charge in [0.15, 0.2) is 0 Å². The number of aliphatic hydroxyl groups excluding tert-OH is 1. The van der Waals surface area contributed by atoms with E-state index in [1.807, 2.05) is 0 Å². The van der Waals surface area contributed by atoms with Gasteiger partial charge in [-0.3, -0.25) is 0 Å². The van der Waals surface area contributed by atoms with Crippen LogP contribution in [0.5, 0.6) is 0 Å². The van der Waals surface area contributed by atoms with E-state index in [0.717, 1.165) is 4.31 Å². The van der Waals surface area contributed by atoms with Crippen molar-refractivity contribution in [3.63, 3.8) is 0 Å². The van der Waals surface area contributed by atoms with Crippen LogP contribution in [0.3, 0.4) is 0 Å². The van der Waals surface area contributed by atoms with Crippen LogP contribution in [0.4, 0.5) is 0 Å². The fourth-order valence-corrected chi connectivity index (χ4v) is 1.96. The van der Waals surface area contributed by atoms with E-state index in [-0.39, 0.29) is 13.3 Å². The molecule has 0 heterocycles. The van der Waals surface area contributed by atoms with Gasteiger partial charge >= 0.3 is 16.3 Å². The highest BCUT2D eigenvalue weighted by atomic mass is 32.2. The Labute approximate surface area is 101 Å². The zero-order valence-corrected chi connectivity index (χ0v) is 10.4. The molecule has 0 aromatic heterocycles. The molecule has 0 radical (unpaired) electrons. The number of carbonyl (C=O) groups excluding carboxylic acids is 1. The summed E-state index contributed by atoms with van der Waals surface area (Å²) >= 11 is 0. The van der Waals surface area contributed by atoms with Crippen molar-refractivity contribution < 1.29 is 27.2 Å². The topological polar surface area (TPSA) is 93.1 Å². The molecule has 0 aliphatic heterocycles. The van der Waals surface area contributed by atoms with Crippen LogP contribution in [0.25, 0.3) is 0 Å². The lowest BCUT2D eigenvalue weighted by Gasteiger charge is -2.23. The summed E-state index contributed by atoms with van der Waals surface area (Å²) in [6.07, 6.45) is 4.94. The van der Waals surface area contributed by atoms with Crippen molar-refractivity contribution >= 4 is 16.3 Å². The van der Waals surface area contributed by atoms with Crippen LogP contribution in [0.1, 0.15) is 13.8 Å². The summed E-state index contributed by atoms with van der Waals surface area (Å²) in [4.78, 5) is 10.7. The van der Waals surface area contributed by atoms with E-state index in [0.29, 0.717) is 0 Å². The minimum absolute atomic E-state index is 0.0628. The van der Waals surface area contributed by atoms with E-state index in [4.69, 9.17) is 16.3 Å². The Bertz CT molecular complexity index is 383. The molecule has 0 atom stereocenters. The molecule has 0 aliphatic carbocycles. The monoisotopic (exact) mass is 265 g/mol. The number of hydrogen-bond donors (Lipinski definition) is 1. The molecule has 0 saturated heterocycles. The quantitative estimate of drug-likeness (QED) is 0.364. The van der Waals surface area contributed by atoms with Gasteiger partial charge < -0.3 is 14.0 Å². The first-order chi connectivity index (χ1) is 7.85. The summed E-state index contributed by atoms with van der Waals surface area (Å²) in [5.41, 5.74) is 0. The van der Waals surface area contributed by atoms with Gasteiger partial charge in [0.05, 0.1) is 0 Å². The first kappa shape index (κ1) is 15.9. The van der Waals surface area contributed by atoms with E-state index >= 15 is 0 Å². The molecule has 98 valence electrons. The van der Waals surface area contributed by atoms with Gasteiger partial charge in [-0.05, 0) is 13.8 Å². The van der Waals surface area contributed by atoms with E-state index in [2.05, 4.69) is 10.1 Å². The zero-order chi connectivity index (χ0) is 13.5. The predicted molar refractivity (Wildman–Crippen MR) is 58.7 cm³/mol. The summed E-state index contributed by atoms with van der Waals surface area (Å²) in [5, 5.41) is 8.42. The Kier molecular flexibility index (Phi) is 6.75. The Morgan fingerprint density at radius 3 is 2.53 bits per heavy atom. The van der Waals surface area contributed by atoms with Crippen molar-refractivity contribution in [3.05, 3.63) is 0 Å². The van der Waals surface area contributed by atoms with Crippen LogP contribution in [0, 0.1) is 12.3 Å². The predicted octanol–water partition coefficient (Wildman–Crippen LogP) is -0.916. The molecule has 17 heavy (non-hydrogen) atoms. The van der Waals surface area contributed by atoms with Crippen molar-refractivity contribution in [3.8, 4) is 12.3 Å². The average molecular weight is 265 g/mol. The molecule has 1 N–H and O–H groups in total. The third kappa shape index (κ3) is 5.65. The minimum Gasteiger partial charge on any atom is -0.385 e. The molecule has 8 heteroatoms. The third-order valence-electron chi connectivity index (χ3n) is 1.59. The van der Waals surface area contributed by atoms with Crippen molar-refractivity contribution in [2.24, 2.45) is 0 Å². The van der Waals surface area contributed by atoms with E-state index in [1.54, 1.807) is 13.8 Å². The number of nitrogens with zero attached hydrogens (tertiary/aromatic N) is 1. The smallest absolute Gasteiger partial charge is 0.385 e. The van der Waals surface area contributed by atoms with E-state index < -0.39 is 28.9 Å². The number of ether oxygens (including phenoxy) is 1. The molecule has 0 aromatic carbocycles. The molecular weight excluding hydrogens is 250 g/mol. The van der Waals surface area contributed by atoms with Crippen LogP contribution in [-0.2, 0) is 24.0 Å². The van der Waals surface area contributed by atoms with Crippen molar-refractivity contribution in [1.29, 1.82) is 0 Å². The number of hydrogen-bond acceptors (Lipinski definition) is 6. The molecule has 7 nitrogen and oxygen atoms in total. The Morgan fingerprint density at radius 1 is 1.53 bits per heavy atom. The van der Waals surface area contributed by atoms with Crippen LogP contribution in [0.2, 0.25) is 0 Å². The second-order valence-corrected chi connectivity index (χ2v) is 4.72. The van der Waals surface area contributed by atoms with Gasteiger partial charge in [-0.25, -0.2) is 4.79 Å². The van der Waals surface area contributed by atoms with Gasteiger partial charge in [-0.1, -0.05) is 5.92 Å². The van der Waals surface area contributed by atoms with E-state index in [1.165, 1.54) is 0 Å². The number of carbonyl (C=O) groups is 1. The van der Waals surface area contributed by atoms with Crippen molar-refractivity contribution in [2.45, 2.75) is 19.9 Å². The summed E-state index contributed by atoms with van der Waals surface area (Å²) in [6.45, 7) is 1.74. The first-order valence-electron chi connectivity index (χ1n) is 4.71. The van der Waals surface area contributed by atoms with Gasteiger partial charge in [0.1, 0.15) is 19.9 Å². The molecule has 0 fully saturated rings. The normalized spacial score (nSPS) is 11.5. The second-order valence-electron chi connectivity index (χ2n) is 3.23. The molecule has 0 bridgehead atoms. The van der Waals surface area contributed by atoms with Crippen LogP contribution in [0.15, 0.2) is 0 Å². The molecule has 0 spiro atoms. The molecule has 0 rings (SSSR count). The summed E-state index contributed by atoms with van der Waals surface area (Å²) in [6, 6.07) is -0.482. The van der Waals surface area contributed by atoms with Crippen molar-refractivity contribution in [2.75, 3.05) is 19.9 Å². The standard InChI is InChI=1S/C9H15NO6S/c1-4-5-15-7-10(8(2)3)17(13,14)16-9(12)6-11/h1,8,11H,5-7H2,2-3H3. The van der Waals surface area contributed by atoms with Crippen LogP contribution < -0.4 is 0 Å². The molecule has 0 aromatic rings. The van der Waals surface area contributed by atoms with Gasteiger partial charge in [-0.15, -0.1) is 10.7 Å². The van der Waals surface area contributed by atoms with Crippen molar-refractivity contribution in [1.82, 2.24) is 4.31 Å². The van der Waals surface area contributed by atoms with Gasteiger partial charge in [0, 0.05) is 6.04 Å². The lowest BCUT2D eigenvalue weighted by Crippen LogP contribution is -2.41. The Morgan fingerprint density at radius 2 is 2.12 bits per heavy atom. The number of aliphatic hydroxyl groups is 1. The molecule has 0 unspecified atom stereocenters. The summed E-state index contributed by atoms with van der Waals surface area (Å²) < 4.78 is 32.9. The van der Waals surface area contributed by atoms with Gasteiger partial charge in [0.25, 0.3) is 0 Å². The van der Waals surface area contributed by atoms with Crippen LogP contribution >= 0.6 is 0 Å². The highest BCUT2D eigenvalue weighted by Gasteiger charge is 2.28. The second kappa shape index (κ2) is 7.24. The average Bonchev–Trinajstić information content (AvgIpc) is 2.22. The fourth-order valence-electron chi connectivity index (χ4n) is 0.858. The lowest BCUT2D eigenvalue weighted by atomic mass is 10.4. The van der Waals surface area contributed by atoms with Gasteiger partial charge in [-0.2, -0.15) is 8.42 Å². The first-order valence-corrected chi connectivity index (χ1v) is 6.07. The molecule has 0 saturated carbocycles. The number of terminal acetylenes is 1. The SMILES string of the molecule is C#CCOCN(C(C)C)S(=O)(=O)OC(=O)CO. The highest BCUT2D eigenvalue weighted by molar-refractivity contribution is 7.84. The molecule has 0 amide bonds. The Balaban J connectivity index is 4.69. The summed E-state index contributed by atoms with van der Waals surface area (Å²) in [5.74, 6) is 0.917. The number of rotatable bonds is 7. The lowest BCUT2D eigenvalue weighted by molar-refractivity contribution is -0.137. The maximum Gasteiger partial charge on any atom is 0.389 e.